The van der Waals surface area contributed by atoms with Crippen molar-refractivity contribution in [1.29, 1.82) is 0 Å². The molecule has 0 radical (unpaired) electrons. The summed E-state index contributed by atoms with van der Waals surface area (Å²) in [5.41, 5.74) is 4.62. The highest BCUT2D eigenvalue weighted by molar-refractivity contribution is 5.91. The van der Waals surface area contributed by atoms with Gasteiger partial charge in [-0.3, -0.25) is 4.79 Å². The number of hydrogen-bond acceptors (Lipinski definition) is 1. The quantitative estimate of drug-likeness (QED) is 0.401. The molecule has 1 heterocycles. The number of hydrogen-bond donors (Lipinski definition) is 0. The molecule has 3 rings (SSSR count). The van der Waals surface area contributed by atoms with Crippen molar-refractivity contribution in [2.45, 2.75) is 20.0 Å². The van der Waals surface area contributed by atoms with Crippen molar-refractivity contribution in [3.05, 3.63) is 114 Å². The van der Waals surface area contributed by atoms with Gasteiger partial charge in [0.2, 0.25) is 5.91 Å². The lowest BCUT2D eigenvalue weighted by Gasteiger charge is -2.21. The van der Waals surface area contributed by atoms with E-state index in [1.54, 1.807) is 17.1 Å². The van der Waals surface area contributed by atoms with Crippen molar-refractivity contribution < 1.29 is 4.79 Å². The molecule has 0 aliphatic rings. The van der Waals surface area contributed by atoms with Crippen LogP contribution >= 0.6 is 0 Å². The maximum Gasteiger partial charge on any atom is 0.247 e. The Bertz CT molecular complexity index is 953. The molecule has 0 aliphatic carbocycles. The molecule has 28 heavy (non-hydrogen) atoms. The summed E-state index contributed by atoms with van der Waals surface area (Å²) < 4.78 is 2.19. The maximum atomic E-state index is 12.7. The second kappa shape index (κ2) is 9.56. The Labute approximate surface area is 167 Å². The Morgan fingerprint density at radius 1 is 1.07 bits per heavy atom. The Morgan fingerprint density at radius 2 is 1.89 bits per heavy atom. The lowest BCUT2D eigenvalue weighted by atomic mass is 10.1. The zero-order valence-corrected chi connectivity index (χ0v) is 16.3. The monoisotopic (exact) mass is 370 g/mol. The van der Waals surface area contributed by atoms with Crippen LogP contribution in [0, 0.1) is 6.92 Å². The maximum absolute atomic E-state index is 12.7. The average molecular weight is 370 g/mol. The average Bonchev–Trinajstić information content (AvgIpc) is 3.13. The number of carbonyl (C=O) groups is 1. The van der Waals surface area contributed by atoms with Gasteiger partial charge >= 0.3 is 0 Å². The first-order valence-corrected chi connectivity index (χ1v) is 9.48. The van der Waals surface area contributed by atoms with Gasteiger partial charge in [0.1, 0.15) is 0 Å². The first-order valence-electron chi connectivity index (χ1n) is 9.48. The molecular formula is C25H26N2O. The highest BCUT2D eigenvalue weighted by Gasteiger charge is 2.12. The summed E-state index contributed by atoms with van der Waals surface area (Å²) in [6.07, 6.45) is 7.31. The fourth-order valence-electron chi connectivity index (χ4n) is 3.18. The molecule has 0 saturated heterocycles. The summed E-state index contributed by atoms with van der Waals surface area (Å²) in [5, 5.41) is 0. The van der Waals surface area contributed by atoms with E-state index in [9.17, 15) is 4.79 Å². The summed E-state index contributed by atoms with van der Waals surface area (Å²) in [4.78, 5) is 14.5. The van der Waals surface area contributed by atoms with Crippen LogP contribution in [0.25, 0.3) is 6.08 Å². The zero-order chi connectivity index (χ0) is 19.8. The van der Waals surface area contributed by atoms with Gasteiger partial charge in [0.15, 0.2) is 0 Å². The van der Waals surface area contributed by atoms with Crippen molar-refractivity contribution in [2.75, 3.05) is 6.54 Å². The van der Waals surface area contributed by atoms with Gasteiger partial charge in [0.25, 0.3) is 0 Å². The molecule has 0 saturated carbocycles. The number of amides is 1. The van der Waals surface area contributed by atoms with Gasteiger partial charge in [-0.1, -0.05) is 66.2 Å². The zero-order valence-electron chi connectivity index (χ0n) is 16.3. The smallest absolute Gasteiger partial charge is 0.247 e. The summed E-state index contributed by atoms with van der Waals surface area (Å²) in [5.74, 6) is -0.0212. The fraction of sp³-hybridized carbons (Fsp3) is 0.160. The van der Waals surface area contributed by atoms with E-state index in [0.29, 0.717) is 13.1 Å². The van der Waals surface area contributed by atoms with E-state index in [1.165, 1.54) is 11.1 Å². The van der Waals surface area contributed by atoms with Gasteiger partial charge in [-0.25, -0.2) is 0 Å². The summed E-state index contributed by atoms with van der Waals surface area (Å²) >= 11 is 0. The molecule has 142 valence electrons. The van der Waals surface area contributed by atoms with E-state index in [-0.39, 0.29) is 5.91 Å². The molecule has 0 N–H and O–H groups in total. The van der Waals surface area contributed by atoms with Crippen LogP contribution < -0.4 is 0 Å². The minimum absolute atomic E-state index is 0.0212. The minimum Gasteiger partial charge on any atom is -0.345 e. The second-order valence-corrected chi connectivity index (χ2v) is 6.87. The van der Waals surface area contributed by atoms with Crippen molar-refractivity contribution in [3.63, 3.8) is 0 Å². The van der Waals surface area contributed by atoms with Crippen LogP contribution in [-0.2, 0) is 17.9 Å². The molecule has 3 nitrogen and oxygen atoms in total. The Morgan fingerprint density at radius 3 is 2.64 bits per heavy atom. The van der Waals surface area contributed by atoms with Crippen LogP contribution in [0.4, 0.5) is 0 Å². The van der Waals surface area contributed by atoms with E-state index >= 15 is 0 Å². The van der Waals surface area contributed by atoms with Crippen LogP contribution in [0.5, 0.6) is 0 Å². The molecule has 3 heteroatoms. The number of aromatic nitrogens is 1. The van der Waals surface area contributed by atoms with Crippen LogP contribution in [0.2, 0.25) is 0 Å². The first-order chi connectivity index (χ1) is 13.7. The van der Waals surface area contributed by atoms with Crippen LogP contribution in [0.15, 0.2) is 91.7 Å². The van der Waals surface area contributed by atoms with Crippen LogP contribution in [-0.4, -0.2) is 21.9 Å². The van der Waals surface area contributed by atoms with Crippen molar-refractivity contribution in [2.24, 2.45) is 0 Å². The molecule has 0 unspecified atom stereocenters. The molecule has 0 bridgehead atoms. The van der Waals surface area contributed by atoms with E-state index in [4.69, 9.17) is 0 Å². The third-order valence-electron chi connectivity index (χ3n) is 4.59. The molecule has 0 atom stereocenters. The lowest BCUT2D eigenvalue weighted by molar-refractivity contribution is -0.126. The summed E-state index contributed by atoms with van der Waals surface area (Å²) in [6, 6.07) is 22.5. The van der Waals surface area contributed by atoms with E-state index in [0.717, 1.165) is 17.8 Å². The van der Waals surface area contributed by atoms with E-state index in [2.05, 4.69) is 54.6 Å². The third-order valence-corrected chi connectivity index (χ3v) is 4.59. The molecule has 0 aliphatic heterocycles. The molecule has 2 aromatic carbocycles. The van der Waals surface area contributed by atoms with Gasteiger partial charge in [-0.05, 0) is 36.3 Å². The van der Waals surface area contributed by atoms with Crippen molar-refractivity contribution in [3.8, 4) is 0 Å². The predicted molar refractivity (Wildman–Crippen MR) is 116 cm³/mol. The number of carbonyl (C=O) groups excluding carboxylic acids is 1. The minimum atomic E-state index is -0.0212. The molecule has 0 fully saturated rings. The second-order valence-electron chi connectivity index (χ2n) is 6.87. The molecule has 1 aromatic heterocycles. The summed E-state index contributed by atoms with van der Waals surface area (Å²) in [7, 11) is 0. The van der Waals surface area contributed by atoms with Crippen molar-refractivity contribution >= 4 is 12.0 Å². The standard InChI is InChI=1S/C25H26N2O/c1-3-16-27(25(28)15-14-22-10-5-4-6-11-22)20-24-13-8-17-26(24)19-23-12-7-9-21(2)18-23/h3-15,17-18H,1,16,19-20H2,2H3. The largest absolute Gasteiger partial charge is 0.345 e. The molecular weight excluding hydrogens is 344 g/mol. The van der Waals surface area contributed by atoms with Gasteiger partial charge in [0, 0.05) is 31.1 Å². The van der Waals surface area contributed by atoms with Gasteiger partial charge in [-0.2, -0.15) is 0 Å². The van der Waals surface area contributed by atoms with Crippen LogP contribution in [0.3, 0.4) is 0 Å². The SMILES string of the molecule is C=CCN(Cc1cccn1Cc1cccc(C)c1)C(=O)C=Cc1ccccc1. The Hall–Kier alpha value is -3.33. The normalized spacial score (nSPS) is 10.9. The van der Waals surface area contributed by atoms with Crippen LogP contribution in [0.1, 0.15) is 22.4 Å². The van der Waals surface area contributed by atoms with E-state index < -0.39 is 0 Å². The molecule has 3 aromatic rings. The molecule has 0 spiro atoms. The highest BCUT2D eigenvalue weighted by Crippen LogP contribution is 2.13. The number of rotatable bonds is 8. The molecule has 1 amide bonds. The number of benzene rings is 2. The Kier molecular flexibility index (Phi) is 6.64. The topological polar surface area (TPSA) is 25.2 Å². The number of nitrogens with zero attached hydrogens (tertiary/aromatic N) is 2. The van der Waals surface area contributed by atoms with Gasteiger partial charge in [-0.15, -0.1) is 6.58 Å². The highest BCUT2D eigenvalue weighted by atomic mass is 16.2. The first kappa shape index (κ1) is 19.4. The van der Waals surface area contributed by atoms with Gasteiger partial charge < -0.3 is 9.47 Å². The predicted octanol–water partition coefficient (Wildman–Crippen LogP) is 5.07. The lowest BCUT2D eigenvalue weighted by Crippen LogP contribution is -2.30. The fourth-order valence-corrected chi connectivity index (χ4v) is 3.18. The van der Waals surface area contributed by atoms with Gasteiger partial charge in [0.05, 0.1) is 6.54 Å². The number of aryl methyl sites for hydroxylation is 1. The third kappa shape index (κ3) is 5.34. The summed E-state index contributed by atoms with van der Waals surface area (Å²) in [6.45, 7) is 7.75. The Balaban J connectivity index is 1.72. The van der Waals surface area contributed by atoms with E-state index in [1.807, 2.05) is 42.5 Å². The van der Waals surface area contributed by atoms with Crippen molar-refractivity contribution in [1.82, 2.24) is 9.47 Å².